The lowest BCUT2D eigenvalue weighted by atomic mass is 10.0. The summed E-state index contributed by atoms with van der Waals surface area (Å²) in [4.78, 5) is 0. The van der Waals surface area contributed by atoms with E-state index in [0.717, 1.165) is 12.1 Å². The highest BCUT2D eigenvalue weighted by Crippen LogP contribution is 2.14. The van der Waals surface area contributed by atoms with Crippen molar-refractivity contribution in [3.8, 4) is 0 Å². The summed E-state index contributed by atoms with van der Waals surface area (Å²) in [7, 11) is 1.94. The maximum absolute atomic E-state index is 3.13. The van der Waals surface area contributed by atoms with Gasteiger partial charge in [0.05, 0.1) is 0 Å². The van der Waals surface area contributed by atoms with Crippen LogP contribution in [-0.2, 0) is 6.42 Å². The van der Waals surface area contributed by atoms with Gasteiger partial charge in [0.25, 0.3) is 0 Å². The molecule has 0 saturated carbocycles. The van der Waals surface area contributed by atoms with Gasteiger partial charge in [-0.3, -0.25) is 0 Å². The Morgan fingerprint density at radius 1 is 0.938 bits per heavy atom. The number of aryl methyl sites for hydroxylation is 1. The van der Waals surface area contributed by atoms with Crippen molar-refractivity contribution in [2.45, 2.75) is 13.3 Å². The Kier molecular flexibility index (Phi) is 3.25. The largest absolute Gasteiger partial charge is 0.388 e. The van der Waals surface area contributed by atoms with Crippen LogP contribution in [0.25, 0.3) is 0 Å². The highest BCUT2D eigenvalue weighted by Gasteiger charge is 1.96. The Labute approximate surface area is 97.1 Å². The Bertz CT molecular complexity index is 457. The molecule has 0 amide bonds. The quantitative estimate of drug-likeness (QED) is 0.817. The highest BCUT2D eigenvalue weighted by atomic mass is 14.8. The summed E-state index contributed by atoms with van der Waals surface area (Å²) in [5.41, 5.74) is 5.21. The van der Waals surface area contributed by atoms with Gasteiger partial charge in [-0.25, -0.2) is 0 Å². The maximum Gasteiger partial charge on any atom is 0.0337 e. The van der Waals surface area contributed by atoms with Crippen LogP contribution < -0.4 is 5.32 Å². The van der Waals surface area contributed by atoms with Crippen LogP contribution in [0.3, 0.4) is 0 Å². The molecule has 0 heterocycles. The van der Waals surface area contributed by atoms with Gasteiger partial charge in [-0.2, -0.15) is 0 Å². The maximum atomic E-state index is 3.13. The molecule has 0 aliphatic heterocycles. The number of anilines is 1. The van der Waals surface area contributed by atoms with Gasteiger partial charge >= 0.3 is 0 Å². The van der Waals surface area contributed by atoms with Crippen LogP contribution in [0.2, 0.25) is 0 Å². The number of nitrogens with one attached hydrogen (secondary N) is 1. The Hall–Kier alpha value is -1.76. The summed E-state index contributed by atoms with van der Waals surface area (Å²) in [6, 6.07) is 17.3. The van der Waals surface area contributed by atoms with Crippen molar-refractivity contribution in [3.05, 3.63) is 65.2 Å². The van der Waals surface area contributed by atoms with E-state index in [2.05, 4.69) is 60.8 Å². The Balaban J connectivity index is 2.14. The predicted molar refractivity (Wildman–Crippen MR) is 70.0 cm³/mol. The average Bonchev–Trinajstić information content (AvgIpc) is 2.30. The van der Waals surface area contributed by atoms with Gasteiger partial charge in [0.1, 0.15) is 0 Å². The molecule has 2 rings (SSSR count). The van der Waals surface area contributed by atoms with Crippen LogP contribution in [0.15, 0.2) is 48.5 Å². The minimum atomic E-state index is 1.01. The second kappa shape index (κ2) is 4.84. The molecule has 1 heteroatoms. The highest BCUT2D eigenvalue weighted by molar-refractivity contribution is 5.44. The van der Waals surface area contributed by atoms with Crippen LogP contribution in [0.1, 0.15) is 16.7 Å². The second-order valence-electron chi connectivity index (χ2n) is 4.11. The van der Waals surface area contributed by atoms with E-state index < -0.39 is 0 Å². The fourth-order valence-electron chi connectivity index (χ4n) is 1.85. The lowest BCUT2D eigenvalue weighted by Crippen LogP contribution is -1.91. The fraction of sp³-hybridized carbons (Fsp3) is 0.200. The topological polar surface area (TPSA) is 12.0 Å². The minimum absolute atomic E-state index is 1.01. The first kappa shape index (κ1) is 10.7. The molecule has 0 aromatic heterocycles. The summed E-state index contributed by atoms with van der Waals surface area (Å²) in [6.07, 6.45) is 1.01. The first-order valence-corrected chi connectivity index (χ1v) is 5.60. The van der Waals surface area contributed by atoms with Gasteiger partial charge in [0, 0.05) is 12.7 Å². The fourth-order valence-corrected chi connectivity index (χ4v) is 1.85. The molecule has 82 valence electrons. The zero-order chi connectivity index (χ0) is 11.4. The first-order valence-electron chi connectivity index (χ1n) is 5.60. The SMILES string of the molecule is CNc1ccc(Cc2cccc(C)c2)cc1. The molecule has 1 nitrogen and oxygen atoms in total. The number of hydrogen-bond acceptors (Lipinski definition) is 1. The molecule has 0 fully saturated rings. The van der Waals surface area contributed by atoms with Gasteiger partial charge in [0.15, 0.2) is 0 Å². The lowest BCUT2D eigenvalue weighted by molar-refractivity contribution is 1.18. The second-order valence-corrected chi connectivity index (χ2v) is 4.11. The smallest absolute Gasteiger partial charge is 0.0337 e. The summed E-state index contributed by atoms with van der Waals surface area (Å²) in [5, 5.41) is 3.13. The standard InChI is InChI=1S/C15H17N/c1-12-4-3-5-14(10-12)11-13-6-8-15(16-2)9-7-13/h3-10,16H,11H2,1-2H3. The van der Waals surface area contributed by atoms with E-state index in [1.165, 1.54) is 16.7 Å². The molecule has 0 bridgehead atoms. The third-order valence-corrected chi connectivity index (χ3v) is 2.73. The van der Waals surface area contributed by atoms with E-state index in [-0.39, 0.29) is 0 Å². The van der Waals surface area contributed by atoms with Gasteiger partial charge in [-0.1, -0.05) is 42.0 Å². The summed E-state index contributed by atoms with van der Waals surface area (Å²) in [5.74, 6) is 0. The van der Waals surface area contributed by atoms with Crippen molar-refractivity contribution >= 4 is 5.69 Å². The molecule has 2 aromatic carbocycles. The molecule has 0 unspecified atom stereocenters. The van der Waals surface area contributed by atoms with Gasteiger partial charge in [-0.05, 0) is 36.6 Å². The van der Waals surface area contributed by atoms with E-state index in [4.69, 9.17) is 0 Å². The first-order chi connectivity index (χ1) is 7.78. The van der Waals surface area contributed by atoms with Crippen molar-refractivity contribution in [3.63, 3.8) is 0 Å². The zero-order valence-corrected chi connectivity index (χ0v) is 9.83. The molecule has 0 aliphatic carbocycles. The van der Waals surface area contributed by atoms with Crippen LogP contribution in [0.5, 0.6) is 0 Å². The molecular formula is C15H17N. The molecule has 2 aromatic rings. The average molecular weight is 211 g/mol. The molecule has 1 N–H and O–H groups in total. The molecular weight excluding hydrogens is 194 g/mol. The van der Waals surface area contributed by atoms with E-state index in [0.29, 0.717) is 0 Å². The summed E-state index contributed by atoms with van der Waals surface area (Å²) < 4.78 is 0. The van der Waals surface area contributed by atoms with Crippen LogP contribution in [0, 0.1) is 6.92 Å². The van der Waals surface area contributed by atoms with Gasteiger partial charge in [-0.15, -0.1) is 0 Å². The summed E-state index contributed by atoms with van der Waals surface area (Å²) in [6.45, 7) is 2.13. The molecule has 0 spiro atoms. The van der Waals surface area contributed by atoms with E-state index in [9.17, 15) is 0 Å². The Morgan fingerprint density at radius 2 is 1.69 bits per heavy atom. The van der Waals surface area contributed by atoms with Crippen LogP contribution in [-0.4, -0.2) is 7.05 Å². The van der Waals surface area contributed by atoms with E-state index >= 15 is 0 Å². The monoisotopic (exact) mass is 211 g/mol. The van der Waals surface area contributed by atoms with Crippen LogP contribution in [0.4, 0.5) is 5.69 Å². The number of hydrogen-bond donors (Lipinski definition) is 1. The van der Waals surface area contributed by atoms with Crippen molar-refractivity contribution < 1.29 is 0 Å². The Morgan fingerprint density at radius 3 is 2.31 bits per heavy atom. The molecule has 0 saturated heterocycles. The summed E-state index contributed by atoms with van der Waals surface area (Å²) >= 11 is 0. The normalized spacial score (nSPS) is 10.1. The molecule has 0 atom stereocenters. The predicted octanol–water partition coefficient (Wildman–Crippen LogP) is 3.63. The lowest BCUT2D eigenvalue weighted by Gasteiger charge is -2.05. The van der Waals surface area contributed by atoms with E-state index in [1.54, 1.807) is 0 Å². The van der Waals surface area contributed by atoms with Crippen molar-refractivity contribution in [1.82, 2.24) is 0 Å². The third-order valence-electron chi connectivity index (χ3n) is 2.73. The molecule has 16 heavy (non-hydrogen) atoms. The van der Waals surface area contributed by atoms with E-state index in [1.807, 2.05) is 7.05 Å². The third kappa shape index (κ3) is 2.63. The zero-order valence-electron chi connectivity index (χ0n) is 9.83. The van der Waals surface area contributed by atoms with Gasteiger partial charge in [0.2, 0.25) is 0 Å². The van der Waals surface area contributed by atoms with Crippen molar-refractivity contribution in [2.75, 3.05) is 12.4 Å². The van der Waals surface area contributed by atoms with Crippen molar-refractivity contribution in [1.29, 1.82) is 0 Å². The number of rotatable bonds is 3. The minimum Gasteiger partial charge on any atom is -0.388 e. The number of benzene rings is 2. The van der Waals surface area contributed by atoms with Crippen LogP contribution >= 0.6 is 0 Å². The van der Waals surface area contributed by atoms with Gasteiger partial charge < -0.3 is 5.32 Å². The van der Waals surface area contributed by atoms with Crippen molar-refractivity contribution in [2.24, 2.45) is 0 Å². The molecule has 0 aliphatic rings. The molecule has 0 radical (unpaired) electrons.